The predicted molar refractivity (Wildman–Crippen MR) is 105 cm³/mol. The van der Waals surface area contributed by atoms with Crippen LogP contribution in [0.3, 0.4) is 0 Å². The van der Waals surface area contributed by atoms with E-state index in [1.54, 1.807) is 55.8 Å². The minimum absolute atomic E-state index is 0.0981. The second-order valence-electron chi connectivity index (χ2n) is 6.36. The van der Waals surface area contributed by atoms with Crippen molar-refractivity contribution >= 4 is 33.0 Å². The molecule has 28 heavy (non-hydrogen) atoms. The van der Waals surface area contributed by atoms with E-state index in [2.05, 4.69) is 9.71 Å². The molecule has 0 amide bonds. The molecule has 0 fully saturated rings. The maximum Gasteiger partial charge on any atom is 0.340 e. The van der Waals surface area contributed by atoms with Crippen molar-refractivity contribution in [2.24, 2.45) is 7.05 Å². The van der Waals surface area contributed by atoms with Crippen molar-refractivity contribution in [3.63, 3.8) is 0 Å². The van der Waals surface area contributed by atoms with Crippen LogP contribution >= 0.6 is 0 Å². The molecule has 0 saturated heterocycles. The van der Waals surface area contributed by atoms with E-state index in [4.69, 9.17) is 9.47 Å². The largest absolute Gasteiger partial charge is 0.497 e. The predicted octanol–water partition coefficient (Wildman–Crippen LogP) is 2.79. The number of imidazole rings is 1. The fourth-order valence-electron chi connectivity index (χ4n) is 3.20. The molecule has 148 valence electrons. The Balaban J connectivity index is 2.10. The number of nitrogens with zero attached hydrogens (tertiary/aromatic N) is 2. The molecular weight excluding hydrogens is 382 g/mol. The Morgan fingerprint density at radius 1 is 1.14 bits per heavy atom. The molecule has 3 aromatic rings. The van der Waals surface area contributed by atoms with Crippen LogP contribution in [0.2, 0.25) is 0 Å². The van der Waals surface area contributed by atoms with E-state index in [9.17, 15) is 13.2 Å². The van der Waals surface area contributed by atoms with Crippen LogP contribution in [0.5, 0.6) is 5.75 Å². The number of methoxy groups -OCH3 is 2. The number of nitrogens with one attached hydrogen (secondary N) is 1. The molecule has 1 aromatic heterocycles. The standard InChI is InChI=1S/C19H21N3O5S/c1-11-9-13(26-4)10-12(2)17(11)28(24,25)21-19-20-16-14(18(23)27-5)7-6-8-15(16)22(19)3/h6-10H,1-5H3,(H,20,21). The van der Waals surface area contributed by atoms with Gasteiger partial charge in [0.2, 0.25) is 5.95 Å². The maximum atomic E-state index is 13.0. The lowest BCUT2D eigenvalue weighted by Crippen LogP contribution is -2.18. The minimum atomic E-state index is -3.91. The van der Waals surface area contributed by atoms with Gasteiger partial charge in [-0.1, -0.05) is 6.07 Å². The first-order chi connectivity index (χ1) is 13.2. The van der Waals surface area contributed by atoms with Gasteiger partial charge in [-0.3, -0.25) is 0 Å². The monoisotopic (exact) mass is 403 g/mol. The number of hydrogen-bond acceptors (Lipinski definition) is 6. The Bertz CT molecular complexity index is 1160. The van der Waals surface area contributed by atoms with Crippen molar-refractivity contribution in [3.05, 3.63) is 47.0 Å². The lowest BCUT2D eigenvalue weighted by atomic mass is 10.1. The van der Waals surface area contributed by atoms with Crippen molar-refractivity contribution in [3.8, 4) is 5.75 Å². The Hall–Kier alpha value is -3.07. The molecule has 0 radical (unpaired) electrons. The van der Waals surface area contributed by atoms with Gasteiger partial charge in [0.05, 0.1) is 30.2 Å². The van der Waals surface area contributed by atoms with Gasteiger partial charge in [0.1, 0.15) is 11.3 Å². The van der Waals surface area contributed by atoms with Crippen molar-refractivity contribution in [1.29, 1.82) is 0 Å². The fraction of sp³-hybridized carbons (Fsp3) is 0.263. The SMILES string of the molecule is COC(=O)c1cccc2c1nc(NS(=O)(=O)c1c(C)cc(OC)cc1C)n2C. The summed E-state index contributed by atoms with van der Waals surface area (Å²) in [6, 6.07) is 8.33. The smallest absolute Gasteiger partial charge is 0.340 e. The number of carbonyl (C=O) groups excluding carboxylic acids is 1. The van der Waals surface area contributed by atoms with E-state index < -0.39 is 16.0 Å². The van der Waals surface area contributed by atoms with Crippen molar-refractivity contribution in [2.75, 3.05) is 18.9 Å². The number of sulfonamides is 1. The summed E-state index contributed by atoms with van der Waals surface area (Å²) >= 11 is 0. The molecule has 2 aromatic carbocycles. The summed E-state index contributed by atoms with van der Waals surface area (Å²) in [6.45, 7) is 3.41. The number of anilines is 1. The third kappa shape index (κ3) is 3.29. The number of aryl methyl sites for hydroxylation is 3. The molecule has 9 heteroatoms. The van der Waals surface area contributed by atoms with Gasteiger partial charge in [0, 0.05) is 7.05 Å². The van der Waals surface area contributed by atoms with E-state index in [1.165, 1.54) is 14.2 Å². The third-order valence-electron chi connectivity index (χ3n) is 4.48. The lowest BCUT2D eigenvalue weighted by molar-refractivity contribution is 0.0603. The van der Waals surface area contributed by atoms with E-state index in [1.807, 2.05) is 0 Å². The summed E-state index contributed by atoms with van der Waals surface area (Å²) < 4.78 is 40.2. The molecule has 0 bridgehead atoms. The summed E-state index contributed by atoms with van der Waals surface area (Å²) in [6.07, 6.45) is 0. The van der Waals surface area contributed by atoms with Crippen LogP contribution in [-0.2, 0) is 21.8 Å². The van der Waals surface area contributed by atoms with Crippen LogP contribution in [0.4, 0.5) is 5.95 Å². The second-order valence-corrected chi connectivity index (χ2v) is 7.97. The number of carbonyl (C=O) groups is 1. The highest BCUT2D eigenvalue weighted by atomic mass is 32.2. The number of rotatable bonds is 5. The highest BCUT2D eigenvalue weighted by Gasteiger charge is 2.24. The molecule has 0 saturated carbocycles. The summed E-state index contributed by atoms with van der Waals surface area (Å²) in [5.41, 5.74) is 2.33. The van der Waals surface area contributed by atoms with Gasteiger partial charge >= 0.3 is 5.97 Å². The van der Waals surface area contributed by atoms with Crippen LogP contribution in [0.15, 0.2) is 35.2 Å². The zero-order valence-corrected chi connectivity index (χ0v) is 17.0. The molecule has 1 heterocycles. The minimum Gasteiger partial charge on any atom is -0.497 e. The van der Waals surface area contributed by atoms with Crippen molar-refractivity contribution < 1.29 is 22.7 Å². The number of esters is 1. The van der Waals surface area contributed by atoms with Gasteiger partial charge < -0.3 is 14.0 Å². The highest BCUT2D eigenvalue weighted by molar-refractivity contribution is 7.92. The van der Waals surface area contributed by atoms with Gasteiger partial charge in [-0.25, -0.2) is 22.9 Å². The molecule has 0 aliphatic heterocycles. The van der Waals surface area contributed by atoms with Gasteiger partial charge in [-0.15, -0.1) is 0 Å². The molecule has 8 nitrogen and oxygen atoms in total. The van der Waals surface area contributed by atoms with Gasteiger partial charge in [0.15, 0.2) is 0 Å². The highest BCUT2D eigenvalue weighted by Crippen LogP contribution is 2.29. The molecule has 0 atom stereocenters. The number of para-hydroxylation sites is 1. The average Bonchev–Trinajstić information content (AvgIpc) is 2.95. The fourth-order valence-corrected chi connectivity index (χ4v) is 4.69. The summed E-state index contributed by atoms with van der Waals surface area (Å²) in [4.78, 5) is 16.5. The number of ether oxygens (including phenoxy) is 2. The quantitative estimate of drug-likeness (QED) is 0.658. The Labute approximate surface area is 163 Å². The molecule has 0 aliphatic carbocycles. The number of aromatic nitrogens is 2. The van der Waals surface area contributed by atoms with Crippen LogP contribution < -0.4 is 9.46 Å². The maximum absolute atomic E-state index is 13.0. The van der Waals surface area contributed by atoms with Gasteiger partial charge in [0.25, 0.3) is 10.0 Å². The summed E-state index contributed by atoms with van der Waals surface area (Å²) in [5.74, 6) is 0.139. The van der Waals surface area contributed by atoms with Crippen molar-refractivity contribution in [1.82, 2.24) is 9.55 Å². The molecule has 0 aliphatic rings. The first-order valence-corrected chi connectivity index (χ1v) is 9.89. The zero-order chi connectivity index (χ0) is 20.6. The Morgan fingerprint density at radius 3 is 2.36 bits per heavy atom. The second kappa shape index (κ2) is 7.16. The molecule has 0 spiro atoms. The first-order valence-electron chi connectivity index (χ1n) is 8.41. The van der Waals surface area contributed by atoms with Crippen LogP contribution in [0, 0.1) is 13.8 Å². The number of fused-ring (bicyclic) bond motifs is 1. The molecular formula is C19H21N3O5S. The van der Waals surface area contributed by atoms with Crippen LogP contribution in [-0.4, -0.2) is 38.2 Å². The third-order valence-corrected chi connectivity index (χ3v) is 6.11. The van der Waals surface area contributed by atoms with E-state index in [-0.39, 0.29) is 16.4 Å². The van der Waals surface area contributed by atoms with Gasteiger partial charge in [-0.2, -0.15) is 0 Å². The average molecular weight is 403 g/mol. The molecule has 3 rings (SSSR count). The Morgan fingerprint density at radius 2 is 1.79 bits per heavy atom. The Kier molecular flexibility index (Phi) is 5.03. The zero-order valence-electron chi connectivity index (χ0n) is 16.2. The lowest BCUT2D eigenvalue weighted by Gasteiger charge is -2.14. The molecule has 0 unspecified atom stereocenters. The number of hydrogen-bond donors (Lipinski definition) is 1. The normalized spacial score (nSPS) is 11.5. The number of benzene rings is 2. The van der Waals surface area contributed by atoms with E-state index >= 15 is 0 Å². The van der Waals surface area contributed by atoms with Crippen LogP contribution in [0.1, 0.15) is 21.5 Å². The van der Waals surface area contributed by atoms with Crippen molar-refractivity contribution in [2.45, 2.75) is 18.7 Å². The van der Waals surface area contributed by atoms with Gasteiger partial charge in [-0.05, 0) is 49.2 Å². The first kappa shape index (κ1) is 19.7. The summed E-state index contributed by atoms with van der Waals surface area (Å²) in [5, 5.41) is 0. The van der Waals surface area contributed by atoms with Crippen LogP contribution in [0.25, 0.3) is 11.0 Å². The topological polar surface area (TPSA) is 99.5 Å². The molecule has 1 N–H and O–H groups in total. The van der Waals surface area contributed by atoms with E-state index in [0.29, 0.717) is 27.9 Å². The summed E-state index contributed by atoms with van der Waals surface area (Å²) in [7, 11) is 0.563. The van der Waals surface area contributed by atoms with E-state index in [0.717, 1.165) is 0 Å².